The second kappa shape index (κ2) is 5.89. The van der Waals surface area contributed by atoms with Crippen LogP contribution in [0.3, 0.4) is 0 Å². The summed E-state index contributed by atoms with van der Waals surface area (Å²) < 4.78 is 4.88. The number of hydrogen-bond acceptors (Lipinski definition) is 4. The SMILES string of the molecule is CCN(C)C(=O)COC(=O)c1ccc(N)cc1. The van der Waals surface area contributed by atoms with E-state index in [0.29, 0.717) is 17.8 Å². The topological polar surface area (TPSA) is 72.6 Å². The normalized spacial score (nSPS) is 9.76. The van der Waals surface area contributed by atoms with Gasteiger partial charge in [0.25, 0.3) is 5.91 Å². The quantitative estimate of drug-likeness (QED) is 0.622. The highest BCUT2D eigenvalue weighted by atomic mass is 16.5. The zero-order valence-electron chi connectivity index (χ0n) is 9.97. The average molecular weight is 236 g/mol. The Hall–Kier alpha value is -2.04. The third kappa shape index (κ3) is 3.79. The third-order valence-corrected chi connectivity index (χ3v) is 2.37. The van der Waals surface area contributed by atoms with Gasteiger partial charge >= 0.3 is 5.97 Å². The first-order valence-electron chi connectivity index (χ1n) is 5.31. The molecule has 1 aromatic rings. The fourth-order valence-electron chi connectivity index (χ4n) is 1.12. The molecule has 2 N–H and O–H groups in total. The first-order valence-corrected chi connectivity index (χ1v) is 5.31. The number of nitrogen functional groups attached to an aromatic ring is 1. The van der Waals surface area contributed by atoms with Crippen LogP contribution in [0.5, 0.6) is 0 Å². The van der Waals surface area contributed by atoms with Crippen molar-refractivity contribution < 1.29 is 14.3 Å². The van der Waals surface area contributed by atoms with E-state index in [9.17, 15) is 9.59 Å². The summed E-state index contributed by atoms with van der Waals surface area (Å²) in [6.45, 7) is 2.19. The first-order chi connectivity index (χ1) is 8.04. The van der Waals surface area contributed by atoms with Crippen LogP contribution in [0.15, 0.2) is 24.3 Å². The Morgan fingerprint density at radius 1 is 1.29 bits per heavy atom. The number of benzene rings is 1. The second-order valence-electron chi connectivity index (χ2n) is 3.61. The standard InChI is InChI=1S/C12H16N2O3/c1-3-14(2)11(15)8-17-12(16)9-4-6-10(13)7-5-9/h4-7H,3,8,13H2,1-2H3. The predicted octanol–water partition coefficient (Wildman–Crippen LogP) is 0.904. The van der Waals surface area contributed by atoms with Gasteiger partial charge in [0.15, 0.2) is 6.61 Å². The Balaban J connectivity index is 2.50. The van der Waals surface area contributed by atoms with Crippen molar-refractivity contribution in [2.45, 2.75) is 6.92 Å². The average Bonchev–Trinajstić information content (AvgIpc) is 2.35. The van der Waals surface area contributed by atoms with Crippen molar-refractivity contribution >= 4 is 17.6 Å². The van der Waals surface area contributed by atoms with Crippen molar-refractivity contribution in [1.82, 2.24) is 4.90 Å². The monoisotopic (exact) mass is 236 g/mol. The molecule has 0 radical (unpaired) electrons. The summed E-state index contributed by atoms with van der Waals surface area (Å²) in [5.41, 5.74) is 6.45. The van der Waals surface area contributed by atoms with Crippen LogP contribution in [0.25, 0.3) is 0 Å². The molecule has 5 nitrogen and oxygen atoms in total. The van der Waals surface area contributed by atoms with Gasteiger partial charge in [-0.05, 0) is 31.2 Å². The van der Waals surface area contributed by atoms with Gasteiger partial charge in [0.05, 0.1) is 5.56 Å². The van der Waals surface area contributed by atoms with E-state index in [0.717, 1.165) is 0 Å². The molecule has 1 amide bonds. The third-order valence-electron chi connectivity index (χ3n) is 2.37. The van der Waals surface area contributed by atoms with Crippen molar-refractivity contribution in [3.63, 3.8) is 0 Å². The molecule has 0 aliphatic rings. The zero-order chi connectivity index (χ0) is 12.8. The molecular formula is C12H16N2O3. The molecule has 0 aromatic heterocycles. The molecule has 5 heteroatoms. The van der Waals surface area contributed by atoms with E-state index < -0.39 is 5.97 Å². The molecule has 0 aliphatic heterocycles. The van der Waals surface area contributed by atoms with Crippen molar-refractivity contribution in [1.29, 1.82) is 0 Å². The highest BCUT2D eigenvalue weighted by Crippen LogP contribution is 2.06. The number of carbonyl (C=O) groups is 2. The van der Waals surface area contributed by atoms with Crippen LogP contribution in [0.4, 0.5) is 5.69 Å². The number of carbonyl (C=O) groups excluding carboxylic acids is 2. The van der Waals surface area contributed by atoms with Gasteiger partial charge in [-0.2, -0.15) is 0 Å². The van der Waals surface area contributed by atoms with Gasteiger partial charge in [-0.3, -0.25) is 4.79 Å². The smallest absolute Gasteiger partial charge is 0.338 e. The van der Waals surface area contributed by atoms with Crippen LogP contribution < -0.4 is 5.73 Å². The van der Waals surface area contributed by atoms with Crippen molar-refractivity contribution in [3.05, 3.63) is 29.8 Å². The van der Waals surface area contributed by atoms with Gasteiger partial charge in [-0.25, -0.2) is 4.79 Å². The molecule has 0 bridgehead atoms. The van der Waals surface area contributed by atoms with Gasteiger partial charge in [0, 0.05) is 19.3 Å². The lowest BCUT2D eigenvalue weighted by atomic mass is 10.2. The molecule has 0 fully saturated rings. The van der Waals surface area contributed by atoms with Crippen LogP contribution in [0.2, 0.25) is 0 Å². The molecular weight excluding hydrogens is 220 g/mol. The molecule has 1 aromatic carbocycles. The number of nitrogens with zero attached hydrogens (tertiary/aromatic N) is 1. The molecule has 0 spiro atoms. The zero-order valence-corrected chi connectivity index (χ0v) is 9.97. The largest absolute Gasteiger partial charge is 0.452 e. The number of esters is 1. The van der Waals surface area contributed by atoms with Crippen LogP contribution >= 0.6 is 0 Å². The molecule has 0 saturated carbocycles. The Morgan fingerprint density at radius 2 is 1.88 bits per heavy atom. The van der Waals surface area contributed by atoms with E-state index in [-0.39, 0.29) is 12.5 Å². The summed E-state index contributed by atoms with van der Waals surface area (Å²) in [7, 11) is 1.65. The number of anilines is 1. The van der Waals surface area contributed by atoms with Crippen molar-refractivity contribution in [2.75, 3.05) is 25.9 Å². The Bertz CT molecular complexity index is 401. The number of likely N-dealkylation sites (N-methyl/N-ethyl adjacent to an activating group) is 1. The molecule has 0 heterocycles. The van der Waals surface area contributed by atoms with Crippen LogP contribution in [0.1, 0.15) is 17.3 Å². The minimum atomic E-state index is -0.525. The maximum absolute atomic E-state index is 11.5. The highest BCUT2D eigenvalue weighted by molar-refractivity contribution is 5.91. The molecule has 0 aliphatic carbocycles. The summed E-state index contributed by atoms with van der Waals surface area (Å²) in [4.78, 5) is 24.4. The van der Waals surface area contributed by atoms with E-state index in [2.05, 4.69) is 0 Å². The molecule has 17 heavy (non-hydrogen) atoms. The van der Waals surface area contributed by atoms with Crippen molar-refractivity contribution in [3.8, 4) is 0 Å². The maximum atomic E-state index is 11.5. The number of rotatable bonds is 4. The highest BCUT2D eigenvalue weighted by Gasteiger charge is 2.11. The first kappa shape index (κ1) is 13.0. The van der Waals surface area contributed by atoms with Gasteiger partial charge in [0.2, 0.25) is 0 Å². The molecule has 0 unspecified atom stereocenters. The van der Waals surface area contributed by atoms with Gasteiger partial charge in [0.1, 0.15) is 0 Å². The maximum Gasteiger partial charge on any atom is 0.338 e. The summed E-state index contributed by atoms with van der Waals surface area (Å²) in [6.07, 6.45) is 0. The van der Waals surface area contributed by atoms with E-state index in [1.807, 2.05) is 6.92 Å². The summed E-state index contributed by atoms with van der Waals surface area (Å²) >= 11 is 0. The molecule has 0 saturated heterocycles. The minimum Gasteiger partial charge on any atom is -0.452 e. The van der Waals surface area contributed by atoms with E-state index >= 15 is 0 Å². The van der Waals surface area contributed by atoms with Gasteiger partial charge < -0.3 is 15.4 Å². The van der Waals surface area contributed by atoms with Gasteiger partial charge in [-0.1, -0.05) is 0 Å². The number of nitrogens with two attached hydrogens (primary N) is 1. The van der Waals surface area contributed by atoms with Crippen LogP contribution in [-0.4, -0.2) is 37.0 Å². The number of hydrogen-bond donors (Lipinski definition) is 1. The lowest BCUT2D eigenvalue weighted by Crippen LogP contribution is -2.30. The second-order valence-corrected chi connectivity index (χ2v) is 3.61. The molecule has 1 rings (SSSR count). The minimum absolute atomic E-state index is 0.226. The lowest BCUT2D eigenvalue weighted by Gasteiger charge is -2.14. The van der Waals surface area contributed by atoms with E-state index in [4.69, 9.17) is 10.5 Å². The fraction of sp³-hybridized carbons (Fsp3) is 0.333. The Kier molecular flexibility index (Phi) is 4.51. The predicted molar refractivity (Wildman–Crippen MR) is 64.4 cm³/mol. The number of ether oxygens (including phenoxy) is 1. The molecule has 0 atom stereocenters. The van der Waals surface area contributed by atoms with Crippen LogP contribution in [-0.2, 0) is 9.53 Å². The fourth-order valence-corrected chi connectivity index (χ4v) is 1.12. The Morgan fingerprint density at radius 3 is 2.41 bits per heavy atom. The van der Waals surface area contributed by atoms with Crippen molar-refractivity contribution in [2.24, 2.45) is 0 Å². The summed E-state index contributed by atoms with van der Waals surface area (Å²) in [5.74, 6) is -0.751. The van der Waals surface area contributed by atoms with E-state index in [1.165, 1.54) is 4.90 Å². The number of amides is 1. The Labute approximate surface area is 100 Å². The summed E-state index contributed by atoms with van der Waals surface area (Å²) in [6, 6.07) is 6.34. The summed E-state index contributed by atoms with van der Waals surface area (Å²) in [5, 5.41) is 0. The molecule has 92 valence electrons. The van der Waals surface area contributed by atoms with Crippen LogP contribution in [0, 0.1) is 0 Å². The lowest BCUT2D eigenvalue weighted by molar-refractivity contribution is -0.133. The van der Waals surface area contributed by atoms with Gasteiger partial charge in [-0.15, -0.1) is 0 Å². The van der Waals surface area contributed by atoms with E-state index in [1.54, 1.807) is 31.3 Å².